The van der Waals surface area contributed by atoms with E-state index in [1.807, 2.05) is 0 Å². The van der Waals surface area contributed by atoms with Crippen molar-refractivity contribution in [2.75, 3.05) is 6.61 Å². The van der Waals surface area contributed by atoms with Gasteiger partial charge in [0.1, 0.15) is 6.23 Å². The van der Waals surface area contributed by atoms with Crippen LogP contribution in [0.3, 0.4) is 0 Å². The molecule has 5 N–H and O–H groups in total. The molecule has 0 bridgehead atoms. The molecule has 0 saturated carbocycles. The number of aromatic nitrogens is 2. The molecular weight excluding hydrogens is 481 g/mol. The van der Waals surface area contributed by atoms with E-state index >= 15 is 0 Å². The fourth-order valence-corrected chi connectivity index (χ4v) is 5.67. The molecule has 1 aromatic rings. The van der Waals surface area contributed by atoms with Crippen LogP contribution in [-0.4, -0.2) is 47.1 Å². The average Bonchev–Trinajstić information content (AvgIpc) is 2.86. The Kier molecular flexibility index (Phi) is 7.54. The molecule has 1 aliphatic rings. The molecule has 0 spiro atoms. The van der Waals surface area contributed by atoms with Crippen LogP contribution in [0.15, 0.2) is 15.8 Å². The van der Waals surface area contributed by atoms with Crippen LogP contribution < -0.4 is 11.2 Å². The Morgan fingerprint density at radius 1 is 1.21 bits per heavy atom. The highest BCUT2D eigenvalue weighted by Crippen LogP contribution is 2.66. The van der Waals surface area contributed by atoms with Crippen LogP contribution in [-0.2, 0) is 31.6 Å². The molecule has 0 amide bonds. The van der Waals surface area contributed by atoms with Gasteiger partial charge in [0.25, 0.3) is 5.56 Å². The summed E-state index contributed by atoms with van der Waals surface area (Å²) in [6.45, 7) is 0.764. The Morgan fingerprint density at radius 2 is 1.83 bits per heavy atom. The van der Waals surface area contributed by atoms with Crippen molar-refractivity contribution in [1.29, 1.82) is 0 Å². The Balaban J connectivity index is 2.03. The van der Waals surface area contributed by atoms with Gasteiger partial charge >= 0.3 is 29.2 Å². The van der Waals surface area contributed by atoms with Crippen molar-refractivity contribution in [3.05, 3.63) is 32.6 Å². The van der Waals surface area contributed by atoms with Gasteiger partial charge in [0.05, 0.1) is 12.7 Å². The first-order chi connectivity index (χ1) is 13.1. The topological polar surface area (TPSA) is 224 Å². The van der Waals surface area contributed by atoms with E-state index in [4.69, 9.17) is 19.4 Å². The molecule has 166 valence electrons. The molecule has 0 aromatic carbocycles. The third-order valence-corrected chi connectivity index (χ3v) is 7.82. The lowest BCUT2D eigenvalue weighted by Gasteiger charge is -2.19. The molecule has 1 saturated heterocycles. The predicted octanol–water partition coefficient (Wildman–Crippen LogP) is -0.226. The Hall–Kier alpha value is -0.600. The minimum absolute atomic E-state index is 0.138. The molecule has 1 aliphatic heterocycles. The monoisotopic (exact) mass is 498 g/mol. The van der Waals surface area contributed by atoms with Crippen LogP contribution in [0.5, 0.6) is 0 Å². The smallest absolute Gasteiger partial charge is 0.351 e. The first-order valence-electron chi connectivity index (χ1n) is 7.52. The van der Waals surface area contributed by atoms with Gasteiger partial charge in [-0.1, -0.05) is 0 Å². The highest BCUT2D eigenvalue weighted by atomic mass is 32.1. The third-order valence-electron chi connectivity index (χ3n) is 3.48. The van der Waals surface area contributed by atoms with Crippen molar-refractivity contribution < 1.29 is 51.2 Å². The van der Waals surface area contributed by atoms with Crippen molar-refractivity contribution in [3.8, 4) is 0 Å². The standard InChI is InChI=1S/C10H17N2O13P3S/c1-5-3-12(10(14)11-9(5)13)8-2-7(29)6(23-8)4-22-27(18,19)25-28(20,21)24-26(15,16)17/h3,6-8,29H,2,4H2,1H3,(H,18,19)(H,20,21)(H,11,13,14)(H2,15,16,17). The number of nitrogens with zero attached hydrogens (tertiary/aromatic N) is 1. The van der Waals surface area contributed by atoms with Crippen LogP contribution in [0.1, 0.15) is 18.2 Å². The summed E-state index contributed by atoms with van der Waals surface area (Å²) in [6, 6.07) is 0. The SMILES string of the molecule is Cc1cn(C2CC(S)C(COP(=O)(O)OP(=O)(O)OP(=O)(O)O)O2)c(=O)[nH]c1=O. The molecule has 29 heavy (non-hydrogen) atoms. The maximum atomic E-state index is 11.9. The summed E-state index contributed by atoms with van der Waals surface area (Å²) in [5, 5.41) is -0.619. The van der Waals surface area contributed by atoms with Crippen molar-refractivity contribution in [3.63, 3.8) is 0 Å². The molecule has 5 unspecified atom stereocenters. The summed E-state index contributed by atoms with van der Waals surface area (Å²) >= 11 is 4.21. The molecule has 1 fully saturated rings. The van der Waals surface area contributed by atoms with Gasteiger partial charge in [-0.3, -0.25) is 18.9 Å². The number of aromatic amines is 1. The Morgan fingerprint density at radius 3 is 2.41 bits per heavy atom. The molecule has 2 heterocycles. The minimum atomic E-state index is -5.63. The molecular formula is C10H17N2O13P3S. The van der Waals surface area contributed by atoms with Gasteiger partial charge in [-0.25, -0.2) is 18.5 Å². The zero-order valence-electron chi connectivity index (χ0n) is 14.4. The van der Waals surface area contributed by atoms with Crippen molar-refractivity contribution in [2.24, 2.45) is 0 Å². The van der Waals surface area contributed by atoms with Crippen molar-refractivity contribution in [1.82, 2.24) is 9.55 Å². The quantitative estimate of drug-likeness (QED) is 0.202. The number of phosphoric acid groups is 3. The second kappa shape index (κ2) is 8.87. The Labute approximate surface area is 167 Å². The second-order valence-electron chi connectivity index (χ2n) is 5.80. The summed E-state index contributed by atoms with van der Waals surface area (Å²) in [6.07, 6.45) is -0.488. The molecule has 5 atom stereocenters. The number of H-pyrrole nitrogens is 1. The number of phosphoric ester groups is 1. The number of aryl methyl sites for hydroxylation is 1. The average molecular weight is 498 g/mol. The van der Waals surface area contributed by atoms with E-state index in [9.17, 15) is 28.2 Å². The highest BCUT2D eigenvalue weighted by molar-refractivity contribution is 7.81. The van der Waals surface area contributed by atoms with Crippen molar-refractivity contribution in [2.45, 2.75) is 30.9 Å². The van der Waals surface area contributed by atoms with Gasteiger partial charge in [0.2, 0.25) is 0 Å². The number of hydrogen-bond acceptors (Lipinski definition) is 10. The first kappa shape index (κ1) is 24.7. The number of nitrogens with one attached hydrogen (secondary N) is 1. The largest absolute Gasteiger partial charge is 0.490 e. The fraction of sp³-hybridized carbons (Fsp3) is 0.600. The number of thiol groups is 1. The fourth-order valence-electron chi connectivity index (χ4n) is 2.31. The van der Waals surface area contributed by atoms with E-state index < -0.39 is 58.9 Å². The Bertz CT molecular complexity index is 1020. The second-order valence-corrected chi connectivity index (χ2v) is 10.9. The highest BCUT2D eigenvalue weighted by Gasteiger charge is 2.42. The van der Waals surface area contributed by atoms with Gasteiger partial charge in [0.15, 0.2) is 0 Å². The van der Waals surface area contributed by atoms with Crippen LogP contribution in [0.4, 0.5) is 0 Å². The molecule has 15 nitrogen and oxygen atoms in total. The van der Waals surface area contributed by atoms with E-state index in [0.29, 0.717) is 0 Å². The first-order valence-corrected chi connectivity index (χ1v) is 12.6. The van der Waals surface area contributed by atoms with Crippen LogP contribution in [0.25, 0.3) is 0 Å². The maximum Gasteiger partial charge on any atom is 0.490 e. The van der Waals surface area contributed by atoms with Crippen LogP contribution >= 0.6 is 36.1 Å². The summed E-state index contributed by atoms with van der Waals surface area (Å²) < 4.78 is 51.9. The summed E-state index contributed by atoms with van der Waals surface area (Å²) in [5.74, 6) is 0. The van der Waals surface area contributed by atoms with Crippen molar-refractivity contribution >= 4 is 36.1 Å². The summed E-state index contributed by atoms with van der Waals surface area (Å²) in [5.41, 5.74) is -1.09. The van der Waals surface area contributed by atoms with E-state index in [2.05, 4.69) is 30.8 Å². The molecule has 0 radical (unpaired) electrons. The lowest BCUT2D eigenvalue weighted by atomic mass is 10.2. The van der Waals surface area contributed by atoms with Crippen LogP contribution in [0, 0.1) is 6.92 Å². The molecule has 19 heteroatoms. The maximum absolute atomic E-state index is 11.9. The third kappa shape index (κ3) is 7.24. The zero-order chi connectivity index (χ0) is 22.2. The van der Waals surface area contributed by atoms with E-state index in [0.717, 1.165) is 4.57 Å². The van der Waals surface area contributed by atoms with Gasteiger partial charge in [-0.15, -0.1) is 0 Å². The molecule has 2 rings (SSSR count). The number of hydrogen-bond donors (Lipinski definition) is 6. The number of ether oxygens (including phenoxy) is 1. The zero-order valence-corrected chi connectivity index (χ0v) is 18.0. The van der Waals surface area contributed by atoms with E-state index in [-0.39, 0.29) is 12.0 Å². The minimum Gasteiger partial charge on any atom is -0.351 e. The van der Waals surface area contributed by atoms with E-state index in [1.54, 1.807) is 0 Å². The van der Waals surface area contributed by atoms with Gasteiger partial charge < -0.3 is 24.3 Å². The summed E-state index contributed by atoms with van der Waals surface area (Å²) in [7, 11) is -16.4. The van der Waals surface area contributed by atoms with Gasteiger partial charge in [0, 0.05) is 23.4 Å². The molecule has 0 aliphatic carbocycles. The number of rotatable bonds is 8. The van der Waals surface area contributed by atoms with Gasteiger partial charge in [-0.05, 0) is 6.92 Å². The lowest BCUT2D eigenvalue weighted by Crippen LogP contribution is -2.33. The molecule has 1 aromatic heterocycles. The lowest BCUT2D eigenvalue weighted by molar-refractivity contribution is -0.0235. The summed E-state index contributed by atoms with van der Waals surface area (Å²) in [4.78, 5) is 60.9. The predicted molar refractivity (Wildman–Crippen MR) is 97.2 cm³/mol. The van der Waals surface area contributed by atoms with Gasteiger partial charge in [-0.2, -0.15) is 21.3 Å². The van der Waals surface area contributed by atoms with E-state index in [1.165, 1.54) is 13.1 Å². The normalized spacial score (nSPS) is 26.8. The van der Waals surface area contributed by atoms with Crippen LogP contribution in [0.2, 0.25) is 0 Å².